The Labute approximate surface area is 150 Å². The van der Waals surface area contributed by atoms with Crippen LogP contribution in [0, 0.1) is 0 Å². The molecule has 1 aliphatic heterocycles. The van der Waals surface area contributed by atoms with Crippen molar-refractivity contribution in [1.29, 1.82) is 0 Å². The molecule has 3 aromatic rings. The molecule has 0 atom stereocenters. The van der Waals surface area contributed by atoms with E-state index in [0.29, 0.717) is 31.5 Å². The lowest BCUT2D eigenvalue weighted by Gasteiger charge is -2.39. The number of nitrogens with zero attached hydrogens (tertiary/aromatic N) is 4. The zero-order valence-electron chi connectivity index (χ0n) is 14.1. The van der Waals surface area contributed by atoms with Crippen molar-refractivity contribution < 1.29 is 9.90 Å². The van der Waals surface area contributed by atoms with Crippen molar-refractivity contribution in [3.63, 3.8) is 0 Å². The van der Waals surface area contributed by atoms with E-state index < -0.39 is 0 Å². The summed E-state index contributed by atoms with van der Waals surface area (Å²) in [6.07, 6.45) is 1.61. The van der Waals surface area contributed by atoms with Crippen molar-refractivity contribution in [2.75, 3.05) is 18.4 Å². The van der Waals surface area contributed by atoms with Gasteiger partial charge in [-0.25, -0.2) is 14.5 Å². The molecule has 4 rings (SSSR count). The molecule has 1 aromatic heterocycles. The number of hydrogen-bond donors (Lipinski definition) is 2. The summed E-state index contributed by atoms with van der Waals surface area (Å²) in [5, 5.41) is 16.4. The number of hydrogen-bond acceptors (Lipinski definition) is 4. The number of phenolic OH excluding ortho intramolecular Hbond substituents is 1. The highest BCUT2D eigenvalue weighted by atomic mass is 16.3. The lowest BCUT2D eigenvalue weighted by molar-refractivity contribution is 0.163. The Kier molecular flexibility index (Phi) is 4.27. The van der Waals surface area contributed by atoms with E-state index in [1.165, 1.54) is 0 Å². The van der Waals surface area contributed by atoms with Gasteiger partial charge in [0.15, 0.2) is 0 Å². The molecule has 2 heterocycles. The van der Waals surface area contributed by atoms with Gasteiger partial charge >= 0.3 is 6.03 Å². The summed E-state index contributed by atoms with van der Waals surface area (Å²) < 4.78 is 1.69. The van der Waals surface area contributed by atoms with Gasteiger partial charge in [-0.05, 0) is 23.3 Å². The summed E-state index contributed by atoms with van der Waals surface area (Å²) in [6, 6.07) is 16.9. The first-order valence-corrected chi connectivity index (χ1v) is 8.45. The first-order chi connectivity index (χ1) is 12.7. The monoisotopic (exact) mass is 349 g/mol. The Morgan fingerprint density at radius 1 is 1.12 bits per heavy atom. The van der Waals surface area contributed by atoms with Gasteiger partial charge in [0.05, 0.1) is 6.54 Å². The topological polar surface area (TPSA) is 83.3 Å². The molecule has 1 aliphatic rings. The summed E-state index contributed by atoms with van der Waals surface area (Å²) in [5.74, 6) is 0.851. The fraction of sp³-hybridized carbons (Fsp3) is 0.211. The maximum absolute atomic E-state index is 12.3. The lowest BCUT2D eigenvalue weighted by Crippen LogP contribution is -2.50. The molecule has 0 aliphatic carbocycles. The number of anilines is 1. The average molecular weight is 349 g/mol. The minimum Gasteiger partial charge on any atom is -0.508 e. The van der Waals surface area contributed by atoms with Crippen LogP contribution in [0.4, 0.5) is 10.7 Å². The first kappa shape index (κ1) is 16.1. The Bertz CT molecular complexity index is 886. The second kappa shape index (κ2) is 6.87. The van der Waals surface area contributed by atoms with Gasteiger partial charge in [0.2, 0.25) is 5.95 Å². The quantitative estimate of drug-likeness (QED) is 0.758. The van der Waals surface area contributed by atoms with Gasteiger partial charge in [0.25, 0.3) is 0 Å². The molecule has 1 fully saturated rings. The number of benzene rings is 2. The molecule has 7 nitrogen and oxygen atoms in total. The maximum atomic E-state index is 12.3. The van der Waals surface area contributed by atoms with E-state index in [1.54, 1.807) is 28.0 Å². The molecule has 0 radical (unpaired) electrons. The summed E-state index contributed by atoms with van der Waals surface area (Å²) >= 11 is 0. The number of carbonyl (C=O) groups is 1. The Morgan fingerprint density at radius 2 is 1.85 bits per heavy atom. The normalized spacial score (nSPS) is 14.1. The van der Waals surface area contributed by atoms with E-state index in [0.717, 1.165) is 11.1 Å². The number of carbonyl (C=O) groups excluding carboxylic acids is 1. The number of urea groups is 1. The highest BCUT2D eigenvalue weighted by Crippen LogP contribution is 2.28. The standard InChI is InChI=1S/C19H19N5O2/c25-17-8-6-15(7-9-17)16-11-23(12-16)19(26)21-18-20-13-24(22-18)10-14-4-2-1-3-5-14/h1-9,13,16,25H,10-12H2,(H,21,22,26). The number of aromatic nitrogens is 3. The lowest BCUT2D eigenvalue weighted by atomic mass is 9.92. The van der Waals surface area contributed by atoms with Gasteiger partial charge in [-0.2, -0.15) is 0 Å². The van der Waals surface area contributed by atoms with Crippen molar-refractivity contribution in [3.05, 3.63) is 72.1 Å². The fourth-order valence-corrected chi connectivity index (χ4v) is 2.97. The van der Waals surface area contributed by atoms with Crippen LogP contribution in [-0.4, -0.2) is 43.9 Å². The molecule has 132 valence electrons. The van der Waals surface area contributed by atoms with Crippen LogP contribution < -0.4 is 5.32 Å². The van der Waals surface area contributed by atoms with Gasteiger partial charge in [-0.15, -0.1) is 5.10 Å². The Morgan fingerprint density at radius 3 is 2.58 bits per heavy atom. The molecule has 2 amide bonds. The second-order valence-corrected chi connectivity index (χ2v) is 6.37. The van der Waals surface area contributed by atoms with E-state index in [4.69, 9.17) is 0 Å². The van der Waals surface area contributed by atoms with Crippen molar-refractivity contribution >= 4 is 12.0 Å². The van der Waals surface area contributed by atoms with Gasteiger partial charge in [0, 0.05) is 19.0 Å². The molecule has 0 unspecified atom stereocenters. The summed E-state index contributed by atoms with van der Waals surface area (Å²) in [5.41, 5.74) is 2.24. The number of phenols is 1. The van der Waals surface area contributed by atoms with Crippen LogP contribution in [0.1, 0.15) is 17.0 Å². The predicted octanol–water partition coefficient (Wildman–Crippen LogP) is 2.66. The minimum absolute atomic E-state index is 0.197. The van der Waals surface area contributed by atoms with E-state index >= 15 is 0 Å². The highest BCUT2D eigenvalue weighted by molar-refractivity contribution is 5.88. The molecule has 0 bridgehead atoms. The molecule has 7 heteroatoms. The maximum Gasteiger partial charge on any atom is 0.324 e. The average Bonchev–Trinajstić information content (AvgIpc) is 3.03. The second-order valence-electron chi connectivity index (χ2n) is 6.37. The minimum atomic E-state index is -0.197. The van der Waals surface area contributed by atoms with E-state index in [1.807, 2.05) is 42.5 Å². The molecular weight excluding hydrogens is 330 g/mol. The van der Waals surface area contributed by atoms with E-state index in [9.17, 15) is 9.90 Å². The van der Waals surface area contributed by atoms with Crippen LogP contribution in [-0.2, 0) is 6.54 Å². The molecule has 0 saturated carbocycles. The number of aromatic hydroxyl groups is 1. The fourth-order valence-electron chi connectivity index (χ4n) is 2.97. The summed E-state index contributed by atoms with van der Waals surface area (Å²) in [4.78, 5) is 18.1. The van der Waals surface area contributed by atoms with Crippen LogP contribution in [0.15, 0.2) is 60.9 Å². The van der Waals surface area contributed by atoms with Gasteiger partial charge in [-0.1, -0.05) is 42.5 Å². The number of amides is 2. The molecule has 2 N–H and O–H groups in total. The number of likely N-dealkylation sites (tertiary alicyclic amines) is 1. The van der Waals surface area contributed by atoms with Crippen molar-refractivity contribution in [3.8, 4) is 5.75 Å². The Hall–Kier alpha value is -3.35. The van der Waals surface area contributed by atoms with Crippen LogP contribution in [0.5, 0.6) is 5.75 Å². The smallest absolute Gasteiger partial charge is 0.324 e. The molecule has 1 saturated heterocycles. The third-order valence-corrected chi connectivity index (χ3v) is 4.48. The van der Waals surface area contributed by atoms with Crippen molar-refractivity contribution in [2.45, 2.75) is 12.5 Å². The Balaban J connectivity index is 1.30. The van der Waals surface area contributed by atoms with E-state index in [2.05, 4.69) is 15.4 Å². The van der Waals surface area contributed by atoms with Crippen molar-refractivity contribution in [1.82, 2.24) is 19.7 Å². The zero-order valence-corrected chi connectivity index (χ0v) is 14.1. The summed E-state index contributed by atoms with van der Waals surface area (Å²) in [6.45, 7) is 1.89. The van der Waals surface area contributed by atoms with E-state index in [-0.39, 0.29) is 11.8 Å². The number of nitrogens with one attached hydrogen (secondary N) is 1. The number of rotatable bonds is 4. The van der Waals surface area contributed by atoms with Gasteiger partial charge in [0.1, 0.15) is 12.1 Å². The van der Waals surface area contributed by atoms with Crippen LogP contribution in [0.25, 0.3) is 0 Å². The van der Waals surface area contributed by atoms with Crippen LogP contribution in [0.2, 0.25) is 0 Å². The zero-order chi connectivity index (χ0) is 17.9. The first-order valence-electron chi connectivity index (χ1n) is 8.45. The molecular formula is C19H19N5O2. The predicted molar refractivity (Wildman–Crippen MR) is 97.0 cm³/mol. The van der Waals surface area contributed by atoms with Crippen molar-refractivity contribution in [2.24, 2.45) is 0 Å². The van der Waals surface area contributed by atoms with Gasteiger partial charge in [-0.3, -0.25) is 5.32 Å². The SMILES string of the molecule is O=C(Nc1ncn(Cc2ccccc2)n1)N1CC(c2ccc(O)cc2)C1. The highest BCUT2D eigenvalue weighted by Gasteiger charge is 2.32. The molecule has 26 heavy (non-hydrogen) atoms. The molecule has 0 spiro atoms. The molecule has 2 aromatic carbocycles. The van der Waals surface area contributed by atoms with Gasteiger partial charge < -0.3 is 10.0 Å². The summed E-state index contributed by atoms with van der Waals surface area (Å²) in [7, 11) is 0. The third-order valence-electron chi connectivity index (χ3n) is 4.48. The van der Waals surface area contributed by atoms with Crippen LogP contribution in [0.3, 0.4) is 0 Å². The van der Waals surface area contributed by atoms with Crippen LogP contribution >= 0.6 is 0 Å². The third kappa shape index (κ3) is 3.51. The largest absolute Gasteiger partial charge is 0.508 e.